The molecule has 0 bridgehead atoms. The van der Waals surface area contributed by atoms with Gasteiger partial charge in [-0.2, -0.15) is 0 Å². The lowest BCUT2D eigenvalue weighted by molar-refractivity contribution is -0.121. The summed E-state index contributed by atoms with van der Waals surface area (Å²) >= 11 is 6.02. The number of ether oxygens (including phenoxy) is 3. The number of halogens is 1. The van der Waals surface area contributed by atoms with Crippen molar-refractivity contribution in [2.75, 3.05) is 19.8 Å². The Labute approximate surface area is 114 Å². The van der Waals surface area contributed by atoms with E-state index < -0.39 is 18.5 Å². The average Bonchev–Trinajstić information content (AvgIpc) is 2.61. The number of carbonyl (C=O) groups is 2. The van der Waals surface area contributed by atoms with E-state index in [2.05, 4.69) is 0 Å². The molecule has 1 aliphatic rings. The summed E-state index contributed by atoms with van der Waals surface area (Å²) < 4.78 is 15.6. The summed E-state index contributed by atoms with van der Waals surface area (Å²) in [6.07, 6.45) is 0.729. The van der Waals surface area contributed by atoms with E-state index >= 15 is 0 Å². The van der Waals surface area contributed by atoms with Crippen LogP contribution in [0.15, 0.2) is 12.1 Å². The van der Waals surface area contributed by atoms with Gasteiger partial charge in [-0.3, -0.25) is 4.79 Å². The first-order chi connectivity index (χ1) is 9.08. The highest BCUT2D eigenvalue weighted by atomic mass is 35.5. The SMILES string of the molecule is NC(=O)COC(=O)c1cc(Cl)c2c(c1)OCCCO2. The zero-order valence-electron chi connectivity index (χ0n) is 9.98. The van der Waals surface area contributed by atoms with Crippen LogP contribution in [0.4, 0.5) is 0 Å². The number of amides is 1. The molecule has 1 aromatic carbocycles. The van der Waals surface area contributed by atoms with Gasteiger partial charge >= 0.3 is 5.97 Å². The second-order valence-corrected chi connectivity index (χ2v) is 4.29. The highest BCUT2D eigenvalue weighted by Gasteiger charge is 2.19. The highest BCUT2D eigenvalue weighted by Crippen LogP contribution is 2.38. The van der Waals surface area contributed by atoms with Gasteiger partial charge in [0.15, 0.2) is 18.1 Å². The van der Waals surface area contributed by atoms with Crippen molar-refractivity contribution in [1.29, 1.82) is 0 Å². The van der Waals surface area contributed by atoms with E-state index in [4.69, 9.17) is 31.5 Å². The molecule has 2 N–H and O–H groups in total. The molecule has 0 saturated heterocycles. The monoisotopic (exact) mass is 285 g/mol. The van der Waals surface area contributed by atoms with E-state index in [1.54, 1.807) is 0 Å². The first-order valence-electron chi connectivity index (χ1n) is 5.62. The second-order valence-electron chi connectivity index (χ2n) is 3.88. The molecule has 0 fully saturated rings. The topological polar surface area (TPSA) is 87.9 Å². The summed E-state index contributed by atoms with van der Waals surface area (Å²) in [5.41, 5.74) is 5.07. The zero-order valence-corrected chi connectivity index (χ0v) is 10.7. The van der Waals surface area contributed by atoms with Crippen molar-refractivity contribution in [3.63, 3.8) is 0 Å². The number of benzene rings is 1. The molecule has 0 saturated carbocycles. The molecule has 1 heterocycles. The van der Waals surface area contributed by atoms with Crippen molar-refractivity contribution in [3.8, 4) is 11.5 Å². The van der Waals surface area contributed by atoms with Gasteiger partial charge in [0.05, 0.1) is 23.8 Å². The van der Waals surface area contributed by atoms with Crippen LogP contribution >= 0.6 is 11.6 Å². The summed E-state index contributed by atoms with van der Waals surface area (Å²) in [7, 11) is 0. The maximum absolute atomic E-state index is 11.7. The Hall–Kier alpha value is -1.95. The van der Waals surface area contributed by atoms with Crippen LogP contribution in [0.3, 0.4) is 0 Å². The third kappa shape index (κ3) is 3.29. The Morgan fingerprint density at radius 3 is 2.79 bits per heavy atom. The molecule has 0 radical (unpaired) electrons. The lowest BCUT2D eigenvalue weighted by Gasteiger charge is -2.11. The molecule has 1 amide bonds. The minimum Gasteiger partial charge on any atom is -0.489 e. The standard InChI is InChI=1S/C12H12ClNO5/c13-8-4-7(12(16)19-6-10(14)15)5-9-11(8)18-3-1-2-17-9/h4-5H,1-3,6H2,(H2,14,15). The van der Waals surface area contributed by atoms with Crippen LogP contribution in [-0.2, 0) is 9.53 Å². The fourth-order valence-corrected chi connectivity index (χ4v) is 1.83. The van der Waals surface area contributed by atoms with E-state index in [1.807, 2.05) is 0 Å². The zero-order chi connectivity index (χ0) is 13.8. The molecule has 7 heteroatoms. The van der Waals surface area contributed by atoms with Gasteiger partial charge in [-0.05, 0) is 12.1 Å². The fraction of sp³-hybridized carbons (Fsp3) is 0.333. The molecule has 6 nitrogen and oxygen atoms in total. The lowest BCUT2D eigenvalue weighted by Crippen LogP contribution is -2.20. The van der Waals surface area contributed by atoms with E-state index in [1.165, 1.54) is 12.1 Å². The van der Waals surface area contributed by atoms with E-state index in [9.17, 15) is 9.59 Å². The summed E-state index contributed by atoms with van der Waals surface area (Å²) in [5, 5.41) is 0.255. The van der Waals surface area contributed by atoms with E-state index in [0.717, 1.165) is 6.42 Å². The van der Waals surface area contributed by atoms with Crippen LogP contribution in [0.2, 0.25) is 5.02 Å². The van der Waals surface area contributed by atoms with Crippen molar-refractivity contribution in [1.82, 2.24) is 0 Å². The molecule has 0 aliphatic carbocycles. The maximum atomic E-state index is 11.7. The van der Waals surface area contributed by atoms with E-state index in [0.29, 0.717) is 24.7 Å². The van der Waals surface area contributed by atoms with Crippen molar-refractivity contribution in [2.45, 2.75) is 6.42 Å². The highest BCUT2D eigenvalue weighted by molar-refractivity contribution is 6.32. The van der Waals surface area contributed by atoms with Gasteiger partial charge in [0.1, 0.15) is 0 Å². The van der Waals surface area contributed by atoms with E-state index in [-0.39, 0.29) is 10.6 Å². The quantitative estimate of drug-likeness (QED) is 0.842. The van der Waals surface area contributed by atoms with Gasteiger partial charge in [0.2, 0.25) is 0 Å². The van der Waals surface area contributed by atoms with Gasteiger partial charge in [0, 0.05) is 6.42 Å². The maximum Gasteiger partial charge on any atom is 0.338 e. The molecular formula is C12H12ClNO5. The number of hydrogen-bond donors (Lipinski definition) is 1. The van der Waals surface area contributed by atoms with Crippen molar-refractivity contribution in [3.05, 3.63) is 22.7 Å². The summed E-state index contributed by atoms with van der Waals surface area (Å²) in [4.78, 5) is 22.2. The van der Waals surface area contributed by atoms with Gasteiger partial charge in [0.25, 0.3) is 5.91 Å². The number of rotatable bonds is 3. The first-order valence-corrected chi connectivity index (χ1v) is 6.00. The smallest absolute Gasteiger partial charge is 0.338 e. The molecular weight excluding hydrogens is 274 g/mol. The van der Waals surface area contributed by atoms with Crippen molar-refractivity contribution >= 4 is 23.5 Å². The predicted octanol–water partition coefficient (Wildman–Crippen LogP) is 1.14. The van der Waals surface area contributed by atoms with Gasteiger partial charge < -0.3 is 19.9 Å². The summed E-state index contributed by atoms with van der Waals surface area (Å²) in [6, 6.07) is 2.87. The third-order valence-electron chi connectivity index (χ3n) is 2.38. The molecule has 0 unspecified atom stereocenters. The molecule has 0 atom stereocenters. The molecule has 1 aliphatic heterocycles. The van der Waals surface area contributed by atoms with Crippen LogP contribution in [0, 0.1) is 0 Å². The number of fused-ring (bicyclic) bond motifs is 1. The Balaban J connectivity index is 2.23. The number of esters is 1. The number of primary amides is 1. The van der Waals surface area contributed by atoms with Gasteiger partial charge in [-0.15, -0.1) is 0 Å². The van der Waals surface area contributed by atoms with Crippen molar-refractivity contribution < 1.29 is 23.8 Å². The second kappa shape index (κ2) is 5.79. The minimum atomic E-state index is -0.728. The van der Waals surface area contributed by atoms with Crippen LogP contribution in [0.5, 0.6) is 11.5 Å². The first kappa shape index (κ1) is 13.5. The average molecular weight is 286 g/mol. The lowest BCUT2D eigenvalue weighted by atomic mass is 10.2. The normalized spacial score (nSPS) is 13.5. The van der Waals surface area contributed by atoms with Crippen LogP contribution in [0.1, 0.15) is 16.8 Å². The molecule has 1 aromatic rings. The Morgan fingerprint density at radius 1 is 1.32 bits per heavy atom. The number of hydrogen-bond acceptors (Lipinski definition) is 5. The number of carbonyl (C=O) groups excluding carboxylic acids is 2. The van der Waals surface area contributed by atoms with Crippen molar-refractivity contribution in [2.24, 2.45) is 5.73 Å². The van der Waals surface area contributed by atoms with Gasteiger partial charge in [-0.1, -0.05) is 11.6 Å². The summed E-state index contributed by atoms with van der Waals surface area (Å²) in [5.74, 6) is -0.633. The Morgan fingerprint density at radius 2 is 2.05 bits per heavy atom. The molecule has 0 spiro atoms. The minimum absolute atomic E-state index is 0.176. The largest absolute Gasteiger partial charge is 0.489 e. The van der Waals surface area contributed by atoms with Crippen LogP contribution < -0.4 is 15.2 Å². The van der Waals surface area contributed by atoms with Crippen LogP contribution in [-0.4, -0.2) is 31.7 Å². The summed E-state index contributed by atoms with van der Waals surface area (Å²) in [6.45, 7) is 0.492. The molecule has 0 aromatic heterocycles. The Kier molecular flexibility index (Phi) is 4.11. The van der Waals surface area contributed by atoms with Gasteiger partial charge in [-0.25, -0.2) is 4.79 Å². The predicted molar refractivity (Wildman–Crippen MR) is 66.5 cm³/mol. The molecule has 2 rings (SSSR count). The fourth-order valence-electron chi connectivity index (χ4n) is 1.57. The molecule has 19 heavy (non-hydrogen) atoms. The van der Waals surface area contributed by atoms with Crippen LogP contribution in [0.25, 0.3) is 0 Å². The number of nitrogens with two attached hydrogens (primary N) is 1. The Bertz CT molecular complexity index is 517. The molecule has 102 valence electrons. The third-order valence-corrected chi connectivity index (χ3v) is 2.66.